The summed E-state index contributed by atoms with van der Waals surface area (Å²) in [5.74, 6) is 1.48. The molecule has 0 amide bonds. The minimum atomic E-state index is 0.729. The van der Waals surface area contributed by atoms with E-state index < -0.39 is 0 Å². The van der Waals surface area contributed by atoms with Gasteiger partial charge in [-0.3, -0.25) is 0 Å². The second kappa shape index (κ2) is 4.14. The lowest BCUT2D eigenvalue weighted by atomic mass is 9.77. The van der Waals surface area contributed by atoms with Gasteiger partial charge in [-0.05, 0) is 42.9 Å². The average Bonchev–Trinajstić information content (AvgIpc) is 2.23. The Bertz CT molecular complexity index is 306. The molecule has 1 nitrogen and oxygen atoms in total. The zero-order valence-corrected chi connectivity index (χ0v) is 9.09. The van der Waals surface area contributed by atoms with Crippen molar-refractivity contribution in [2.24, 2.45) is 0 Å². The summed E-state index contributed by atoms with van der Waals surface area (Å²) in [6, 6.07) is 8.92. The number of benzene rings is 1. The van der Waals surface area contributed by atoms with Crippen LogP contribution in [-0.4, -0.2) is 13.6 Å². The molecule has 0 saturated heterocycles. The monoisotopic (exact) mass is 189 g/mol. The van der Waals surface area contributed by atoms with E-state index in [9.17, 15) is 0 Å². The van der Waals surface area contributed by atoms with E-state index in [2.05, 4.69) is 36.5 Å². The Morgan fingerprint density at radius 1 is 1.21 bits per heavy atom. The van der Waals surface area contributed by atoms with Gasteiger partial charge in [-0.25, -0.2) is 0 Å². The van der Waals surface area contributed by atoms with Gasteiger partial charge in [-0.15, -0.1) is 0 Å². The third kappa shape index (κ3) is 1.69. The van der Waals surface area contributed by atoms with Crippen molar-refractivity contribution < 1.29 is 0 Å². The molecule has 2 unspecified atom stereocenters. The molecule has 1 aromatic carbocycles. The molecule has 2 rings (SSSR count). The van der Waals surface area contributed by atoms with E-state index in [1.54, 1.807) is 11.1 Å². The summed E-state index contributed by atoms with van der Waals surface area (Å²) in [5, 5.41) is 3.29. The van der Waals surface area contributed by atoms with Gasteiger partial charge >= 0.3 is 0 Å². The van der Waals surface area contributed by atoms with Gasteiger partial charge in [-0.2, -0.15) is 0 Å². The number of hydrogen-bond acceptors (Lipinski definition) is 1. The van der Waals surface area contributed by atoms with Crippen LogP contribution in [0.3, 0.4) is 0 Å². The molecule has 0 aliphatic heterocycles. The van der Waals surface area contributed by atoms with E-state index >= 15 is 0 Å². The molecule has 0 heterocycles. The molecule has 0 spiro atoms. The molecule has 76 valence electrons. The molecule has 0 saturated carbocycles. The third-order valence-electron chi connectivity index (χ3n) is 3.37. The fraction of sp³-hybridized carbons (Fsp3) is 0.538. The van der Waals surface area contributed by atoms with Crippen LogP contribution in [0.15, 0.2) is 24.3 Å². The molecule has 1 aliphatic carbocycles. The smallest absolute Gasteiger partial charge is 0.00172 e. The Balaban J connectivity index is 2.31. The highest BCUT2D eigenvalue weighted by atomic mass is 14.8. The first-order valence-electron chi connectivity index (χ1n) is 5.56. The van der Waals surface area contributed by atoms with Crippen molar-refractivity contribution >= 4 is 0 Å². The topological polar surface area (TPSA) is 12.0 Å². The number of nitrogens with one attached hydrogen (secondary N) is 1. The Morgan fingerprint density at radius 3 is 2.64 bits per heavy atom. The standard InChI is InChI=1S/C13H19N/c1-10-7-8-11(9-14-2)13-6-4-3-5-12(10)13/h3-6,10-11,14H,7-9H2,1-2H3. The molecule has 1 aromatic rings. The summed E-state index contributed by atoms with van der Waals surface area (Å²) in [7, 11) is 2.04. The Labute approximate surface area is 86.5 Å². The highest BCUT2D eigenvalue weighted by Crippen LogP contribution is 2.37. The van der Waals surface area contributed by atoms with Gasteiger partial charge in [-0.1, -0.05) is 31.2 Å². The highest BCUT2D eigenvalue weighted by Gasteiger charge is 2.23. The van der Waals surface area contributed by atoms with E-state index in [4.69, 9.17) is 0 Å². The second-order valence-electron chi connectivity index (χ2n) is 4.36. The maximum Gasteiger partial charge on any atom is 0.00172 e. The Hall–Kier alpha value is -0.820. The van der Waals surface area contributed by atoms with E-state index in [0.29, 0.717) is 0 Å². The summed E-state index contributed by atoms with van der Waals surface area (Å²) in [5.41, 5.74) is 3.14. The minimum Gasteiger partial charge on any atom is -0.319 e. The van der Waals surface area contributed by atoms with Crippen LogP contribution in [0.5, 0.6) is 0 Å². The first-order valence-corrected chi connectivity index (χ1v) is 5.56. The van der Waals surface area contributed by atoms with Crippen molar-refractivity contribution in [3.05, 3.63) is 35.4 Å². The van der Waals surface area contributed by atoms with E-state index in [-0.39, 0.29) is 0 Å². The lowest BCUT2D eigenvalue weighted by Crippen LogP contribution is -2.22. The fourth-order valence-electron chi connectivity index (χ4n) is 2.55. The minimum absolute atomic E-state index is 0.729. The second-order valence-corrected chi connectivity index (χ2v) is 4.36. The molecular weight excluding hydrogens is 170 g/mol. The molecule has 0 fully saturated rings. The van der Waals surface area contributed by atoms with Crippen LogP contribution >= 0.6 is 0 Å². The first kappa shape index (κ1) is 9.72. The van der Waals surface area contributed by atoms with Gasteiger partial charge in [0.2, 0.25) is 0 Å². The van der Waals surface area contributed by atoms with Crippen molar-refractivity contribution in [2.45, 2.75) is 31.6 Å². The van der Waals surface area contributed by atoms with Crippen LogP contribution in [0.4, 0.5) is 0 Å². The van der Waals surface area contributed by atoms with E-state index in [1.165, 1.54) is 12.8 Å². The number of likely N-dealkylation sites (N-methyl/N-ethyl adjacent to an activating group) is 1. The molecule has 14 heavy (non-hydrogen) atoms. The summed E-state index contributed by atoms with van der Waals surface area (Å²) < 4.78 is 0. The van der Waals surface area contributed by atoms with Crippen LogP contribution in [0, 0.1) is 0 Å². The third-order valence-corrected chi connectivity index (χ3v) is 3.37. The zero-order chi connectivity index (χ0) is 9.97. The van der Waals surface area contributed by atoms with Gasteiger partial charge in [0.1, 0.15) is 0 Å². The first-order chi connectivity index (χ1) is 6.83. The normalized spacial score (nSPS) is 25.9. The van der Waals surface area contributed by atoms with Crippen LogP contribution < -0.4 is 5.32 Å². The molecule has 2 atom stereocenters. The van der Waals surface area contributed by atoms with Crippen molar-refractivity contribution in [2.75, 3.05) is 13.6 Å². The predicted octanol–water partition coefficient (Wildman–Crippen LogP) is 2.89. The molecular formula is C13H19N. The zero-order valence-electron chi connectivity index (χ0n) is 9.09. The van der Waals surface area contributed by atoms with Gasteiger partial charge in [0, 0.05) is 6.54 Å². The largest absolute Gasteiger partial charge is 0.319 e. The van der Waals surface area contributed by atoms with Crippen molar-refractivity contribution in [3.63, 3.8) is 0 Å². The SMILES string of the molecule is CNCC1CCC(C)c2ccccc21. The van der Waals surface area contributed by atoms with Crippen molar-refractivity contribution in [3.8, 4) is 0 Å². The van der Waals surface area contributed by atoms with Crippen molar-refractivity contribution in [1.29, 1.82) is 0 Å². The summed E-state index contributed by atoms with van der Waals surface area (Å²) in [6.45, 7) is 3.46. The Kier molecular flexibility index (Phi) is 2.87. The molecule has 0 radical (unpaired) electrons. The van der Waals surface area contributed by atoms with Crippen LogP contribution in [0.1, 0.15) is 42.7 Å². The van der Waals surface area contributed by atoms with Crippen LogP contribution in [-0.2, 0) is 0 Å². The van der Waals surface area contributed by atoms with E-state index in [0.717, 1.165) is 18.4 Å². The summed E-state index contributed by atoms with van der Waals surface area (Å²) in [6.07, 6.45) is 2.67. The molecule has 0 aromatic heterocycles. The van der Waals surface area contributed by atoms with Gasteiger partial charge in [0.05, 0.1) is 0 Å². The fourth-order valence-corrected chi connectivity index (χ4v) is 2.55. The van der Waals surface area contributed by atoms with Gasteiger partial charge in [0.25, 0.3) is 0 Å². The number of hydrogen-bond donors (Lipinski definition) is 1. The van der Waals surface area contributed by atoms with Gasteiger partial charge < -0.3 is 5.32 Å². The maximum absolute atomic E-state index is 3.29. The highest BCUT2D eigenvalue weighted by molar-refractivity contribution is 5.35. The Morgan fingerprint density at radius 2 is 1.93 bits per heavy atom. The lowest BCUT2D eigenvalue weighted by molar-refractivity contribution is 0.487. The molecule has 1 heteroatoms. The molecule has 1 aliphatic rings. The summed E-state index contributed by atoms with van der Waals surface area (Å²) in [4.78, 5) is 0. The summed E-state index contributed by atoms with van der Waals surface area (Å²) >= 11 is 0. The van der Waals surface area contributed by atoms with Crippen molar-refractivity contribution in [1.82, 2.24) is 5.32 Å². The maximum atomic E-state index is 3.29. The number of rotatable bonds is 2. The van der Waals surface area contributed by atoms with E-state index in [1.807, 2.05) is 7.05 Å². The lowest BCUT2D eigenvalue weighted by Gasteiger charge is -2.29. The predicted molar refractivity (Wildman–Crippen MR) is 60.8 cm³/mol. The van der Waals surface area contributed by atoms with Gasteiger partial charge in [0.15, 0.2) is 0 Å². The molecule has 1 N–H and O–H groups in total. The average molecular weight is 189 g/mol. The molecule has 0 bridgehead atoms. The quantitative estimate of drug-likeness (QED) is 0.754. The van der Waals surface area contributed by atoms with Crippen LogP contribution in [0.2, 0.25) is 0 Å². The number of fused-ring (bicyclic) bond motifs is 1. The van der Waals surface area contributed by atoms with Crippen LogP contribution in [0.25, 0.3) is 0 Å².